The lowest BCUT2D eigenvalue weighted by Gasteiger charge is -2.37. The third kappa shape index (κ3) is 2.17. The van der Waals surface area contributed by atoms with Crippen LogP contribution < -0.4 is 5.73 Å². The number of amides is 1. The maximum absolute atomic E-state index is 12.6. The van der Waals surface area contributed by atoms with Gasteiger partial charge in [0.2, 0.25) is 0 Å². The van der Waals surface area contributed by atoms with E-state index in [1.165, 1.54) is 0 Å². The van der Waals surface area contributed by atoms with Gasteiger partial charge in [0, 0.05) is 18.1 Å². The van der Waals surface area contributed by atoms with Gasteiger partial charge in [0.05, 0.1) is 13.1 Å². The van der Waals surface area contributed by atoms with Crippen LogP contribution in [0.3, 0.4) is 0 Å². The van der Waals surface area contributed by atoms with Gasteiger partial charge in [-0.2, -0.15) is 0 Å². The average molecular weight is 394 g/mol. The van der Waals surface area contributed by atoms with E-state index in [1.807, 2.05) is 6.07 Å². The van der Waals surface area contributed by atoms with Gasteiger partial charge in [-0.05, 0) is 63.6 Å². The van der Waals surface area contributed by atoms with Gasteiger partial charge >= 0.3 is 0 Å². The van der Waals surface area contributed by atoms with Crippen LogP contribution in [-0.2, 0) is 0 Å². The van der Waals surface area contributed by atoms with E-state index in [9.17, 15) is 4.79 Å². The first-order valence-electron chi connectivity index (χ1n) is 6.09. The van der Waals surface area contributed by atoms with Crippen LogP contribution in [0.25, 0.3) is 0 Å². The lowest BCUT2D eigenvalue weighted by atomic mass is 9.97. The van der Waals surface area contributed by atoms with Gasteiger partial charge in [-0.3, -0.25) is 4.79 Å². The topological polar surface area (TPSA) is 46.3 Å². The van der Waals surface area contributed by atoms with Crippen LogP contribution >= 0.6 is 43.2 Å². The molecule has 3 heterocycles. The molecular weight excluding hydrogens is 380 g/mol. The summed E-state index contributed by atoms with van der Waals surface area (Å²) in [6.45, 7) is 0. The third-order valence-corrected chi connectivity index (χ3v) is 6.23. The number of nitrogens with two attached hydrogens (primary N) is 1. The number of halogens is 2. The summed E-state index contributed by atoms with van der Waals surface area (Å²) in [7, 11) is 0. The normalized spacial score (nSPS) is 30.8. The summed E-state index contributed by atoms with van der Waals surface area (Å²) in [5.41, 5.74) is 6.82. The first-order chi connectivity index (χ1) is 8.56. The number of carbonyl (C=O) groups is 1. The summed E-state index contributed by atoms with van der Waals surface area (Å²) in [5.74, 6) is 0.156. The van der Waals surface area contributed by atoms with Gasteiger partial charge in [-0.25, -0.2) is 0 Å². The van der Waals surface area contributed by atoms with Crippen LogP contribution in [0.2, 0.25) is 0 Å². The molecular formula is C12H14Br2N2OS. The van der Waals surface area contributed by atoms with Crippen molar-refractivity contribution in [2.24, 2.45) is 5.73 Å². The number of fused-ring (bicyclic) bond motifs is 2. The van der Waals surface area contributed by atoms with Crippen molar-refractivity contribution in [1.29, 1.82) is 0 Å². The van der Waals surface area contributed by atoms with E-state index in [4.69, 9.17) is 5.73 Å². The number of thiophene rings is 1. The molecule has 18 heavy (non-hydrogen) atoms. The fourth-order valence-electron chi connectivity index (χ4n) is 3.18. The lowest BCUT2D eigenvalue weighted by molar-refractivity contribution is 0.0575. The molecule has 98 valence electrons. The van der Waals surface area contributed by atoms with Crippen molar-refractivity contribution in [3.63, 3.8) is 0 Å². The van der Waals surface area contributed by atoms with Crippen LogP contribution in [0.15, 0.2) is 13.6 Å². The minimum absolute atomic E-state index is 0.156. The molecule has 0 radical (unpaired) electrons. The van der Waals surface area contributed by atoms with Crippen molar-refractivity contribution in [3.05, 3.63) is 19.2 Å². The highest BCUT2D eigenvalue weighted by Gasteiger charge is 2.42. The zero-order valence-electron chi connectivity index (χ0n) is 9.73. The highest BCUT2D eigenvalue weighted by Crippen LogP contribution is 2.39. The Bertz CT molecular complexity index is 476. The Hall–Kier alpha value is 0.0900. The minimum Gasteiger partial charge on any atom is -0.333 e. The number of hydrogen-bond acceptors (Lipinski definition) is 3. The van der Waals surface area contributed by atoms with Crippen molar-refractivity contribution in [2.45, 2.75) is 43.8 Å². The molecule has 3 nitrogen and oxygen atoms in total. The smallest absolute Gasteiger partial charge is 0.256 e. The fraction of sp³-hybridized carbons (Fsp3) is 0.583. The fourth-order valence-corrected chi connectivity index (χ4v) is 5.95. The van der Waals surface area contributed by atoms with Crippen LogP contribution in [0, 0.1) is 0 Å². The minimum atomic E-state index is 0.156. The number of carbonyl (C=O) groups excluding carboxylic acids is 1. The lowest BCUT2D eigenvalue weighted by Crippen LogP contribution is -2.50. The third-order valence-electron chi connectivity index (χ3n) is 3.89. The van der Waals surface area contributed by atoms with Crippen molar-refractivity contribution in [3.8, 4) is 0 Å². The van der Waals surface area contributed by atoms with Crippen molar-refractivity contribution in [1.82, 2.24) is 4.90 Å². The van der Waals surface area contributed by atoms with E-state index in [2.05, 4.69) is 36.8 Å². The Morgan fingerprint density at radius 2 is 1.94 bits per heavy atom. The van der Waals surface area contributed by atoms with E-state index in [1.54, 1.807) is 11.3 Å². The molecule has 2 atom stereocenters. The standard InChI is InChI=1S/C12H14Br2N2OS/c13-10-5-9(11(14)18-10)12(17)16-7-1-2-8(16)4-6(15)3-7/h5-8H,1-4,15H2. The predicted molar refractivity (Wildman–Crippen MR) is 79.9 cm³/mol. The molecule has 3 rings (SSSR count). The number of rotatable bonds is 1. The molecule has 1 amide bonds. The number of piperidine rings is 1. The molecule has 2 saturated heterocycles. The number of hydrogen-bond donors (Lipinski definition) is 1. The molecule has 6 heteroatoms. The van der Waals surface area contributed by atoms with Gasteiger partial charge in [0.15, 0.2) is 0 Å². The molecule has 0 aromatic carbocycles. The highest BCUT2D eigenvalue weighted by atomic mass is 79.9. The number of nitrogens with zero attached hydrogens (tertiary/aromatic N) is 1. The van der Waals surface area contributed by atoms with E-state index in [0.29, 0.717) is 12.1 Å². The summed E-state index contributed by atoms with van der Waals surface area (Å²) < 4.78 is 1.90. The molecule has 2 N–H and O–H groups in total. The van der Waals surface area contributed by atoms with Gasteiger partial charge in [0.25, 0.3) is 5.91 Å². The first kappa shape index (κ1) is 13.1. The Morgan fingerprint density at radius 3 is 2.44 bits per heavy atom. The van der Waals surface area contributed by atoms with Gasteiger partial charge in [-0.15, -0.1) is 11.3 Å². The quantitative estimate of drug-likeness (QED) is 0.794. The van der Waals surface area contributed by atoms with Crippen molar-refractivity contribution in [2.75, 3.05) is 0 Å². The molecule has 1 aromatic heterocycles. The second kappa shape index (κ2) is 4.89. The molecule has 0 saturated carbocycles. The summed E-state index contributed by atoms with van der Waals surface area (Å²) in [6.07, 6.45) is 4.11. The maximum atomic E-state index is 12.6. The molecule has 2 fully saturated rings. The monoisotopic (exact) mass is 392 g/mol. The Morgan fingerprint density at radius 1 is 1.33 bits per heavy atom. The van der Waals surface area contributed by atoms with Crippen LogP contribution in [0.5, 0.6) is 0 Å². The van der Waals surface area contributed by atoms with Crippen LogP contribution in [-0.4, -0.2) is 28.9 Å². The zero-order chi connectivity index (χ0) is 12.9. The summed E-state index contributed by atoms with van der Waals surface area (Å²) >= 11 is 8.45. The Kier molecular flexibility index (Phi) is 3.55. The van der Waals surface area contributed by atoms with Gasteiger partial charge in [0.1, 0.15) is 0 Å². The molecule has 2 bridgehead atoms. The maximum Gasteiger partial charge on any atom is 0.256 e. The molecule has 0 aliphatic carbocycles. The van der Waals surface area contributed by atoms with E-state index in [0.717, 1.165) is 38.8 Å². The Labute approximate surface area is 127 Å². The molecule has 2 unspecified atom stereocenters. The van der Waals surface area contributed by atoms with E-state index >= 15 is 0 Å². The van der Waals surface area contributed by atoms with E-state index in [-0.39, 0.29) is 11.9 Å². The largest absolute Gasteiger partial charge is 0.333 e. The Balaban J connectivity index is 1.88. The SMILES string of the molecule is NC1CC2CCC(C1)N2C(=O)c1cc(Br)sc1Br. The van der Waals surface area contributed by atoms with Crippen LogP contribution in [0.4, 0.5) is 0 Å². The van der Waals surface area contributed by atoms with Gasteiger partial charge in [-0.1, -0.05) is 0 Å². The van der Waals surface area contributed by atoms with Gasteiger partial charge < -0.3 is 10.6 Å². The predicted octanol–water partition coefficient (Wildman–Crippen LogP) is 3.37. The highest BCUT2D eigenvalue weighted by molar-refractivity contribution is 9.12. The summed E-state index contributed by atoms with van der Waals surface area (Å²) in [6, 6.07) is 2.86. The molecule has 2 aliphatic heterocycles. The summed E-state index contributed by atoms with van der Waals surface area (Å²) in [5, 5.41) is 0. The van der Waals surface area contributed by atoms with Crippen LogP contribution in [0.1, 0.15) is 36.0 Å². The zero-order valence-corrected chi connectivity index (χ0v) is 13.7. The second-order valence-corrected chi connectivity index (χ2v) is 8.82. The second-order valence-electron chi connectivity index (χ2n) is 5.07. The first-order valence-corrected chi connectivity index (χ1v) is 8.49. The molecule has 0 spiro atoms. The van der Waals surface area contributed by atoms with E-state index < -0.39 is 0 Å². The summed E-state index contributed by atoms with van der Waals surface area (Å²) in [4.78, 5) is 14.7. The molecule has 1 aromatic rings. The van der Waals surface area contributed by atoms with Crippen molar-refractivity contribution >= 4 is 49.1 Å². The average Bonchev–Trinajstić information content (AvgIpc) is 2.76. The van der Waals surface area contributed by atoms with Crippen molar-refractivity contribution < 1.29 is 4.79 Å². The molecule has 2 aliphatic rings.